The number of rotatable bonds is 6. The molecule has 2 saturated heterocycles. The molecule has 150 valence electrons. The summed E-state index contributed by atoms with van der Waals surface area (Å²) >= 11 is 1.48. The fourth-order valence-corrected chi connectivity index (χ4v) is 7.85. The second-order valence-corrected chi connectivity index (χ2v) is 11.4. The lowest BCUT2D eigenvalue weighted by atomic mass is 9.97. The molecule has 3 N–H and O–H groups in total. The van der Waals surface area contributed by atoms with Gasteiger partial charge in [-0.05, 0) is 32.3 Å². The van der Waals surface area contributed by atoms with Gasteiger partial charge in [0.25, 0.3) is 0 Å². The second kappa shape index (κ2) is 7.37. The Balaban J connectivity index is 1.73. The Morgan fingerprint density at radius 2 is 2.07 bits per heavy atom. The smallest absolute Gasteiger partial charge is 0.340 e. The summed E-state index contributed by atoms with van der Waals surface area (Å²) in [6, 6.07) is -1.48. The maximum atomic E-state index is 13.0. The van der Waals surface area contributed by atoms with Crippen molar-refractivity contribution in [3.63, 3.8) is 0 Å². The summed E-state index contributed by atoms with van der Waals surface area (Å²) in [5.74, 6) is -1.39. The Morgan fingerprint density at radius 3 is 2.63 bits per heavy atom. The van der Waals surface area contributed by atoms with Crippen molar-refractivity contribution in [1.29, 1.82) is 0 Å². The summed E-state index contributed by atoms with van der Waals surface area (Å²) in [6.07, 6.45) is 7.33. The number of fused-ring (bicyclic) bond motifs is 1. The number of β-lactam (4-membered cyclic amide) rings is 1. The van der Waals surface area contributed by atoms with Crippen molar-refractivity contribution in [2.45, 2.75) is 54.7 Å². The standard InChI is InChI=1S/C17H26N3O5PS/c1-17(2)16(26(23,24-3)25-4)20-14(22)12(15(20)27-17)19-13(21)11(18)10-8-6-5-7-9-10/h5-6,9,11-12,15-16H,7-8,18H2,1-4H3,(H,19,21)/t11?,12?,15-,16?/m0/s1. The molecule has 4 atom stereocenters. The molecule has 27 heavy (non-hydrogen) atoms. The highest BCUT2D eigenvalue weighted by molar-refractivity contribution is 8.02. The van der Waals surface area contributed by atoms with E-state index in [4.69, 9.17) is 14.8 Å². The Kier molecular flexibility index (Phi) is 5.62. The molecule has 0 aromatic carbocycles. The third kappa shape index (κ3) is 3.40. The Labute approximate surface area is 163 Å². The first-order chi connectivity index (χ1) is 12.7. The summed E-state index contributed by atoms with van der Waals surface area (Å²) in [4.78, 5) is 26.8. The molecule has 2 aliphatic heterocycles. The van der Waals surface area contributed by atoms with Gasteiger partial charge in [-0.15, -0.1) is 11.8 Å². The molecule has 0 aromatic rings. The molecule has 0 bridgehead atoms. The maximum absolute atomic E-state index is 13.0. The van der Waals surface area contributed by atoms with E-state index in [1.165, 1.54) is 30.9 Å². The quantitative estimate of drug-likeness (QED) is 0.385. The summed E-state index contributed by atoms with van der Waals surface area (Å²) in [5, 5.41) is 2.44. The van der Waals surface area contributed by atoms with Crippen LogP contribution >= 0.6 is 19.4 Å². The van der Waals surface area contributed by atoms with Crippen molar-refractivity contribution >= 4 is 31.2 Å². The first kappa shape index (κ1) is 20.6. The highest BCUT2D eigenvalue weighted by Gasteiger charge is 2.67. The number of hydrogen-bond donors (Lipinski definition) is 2. The van der Waals surface area contributed by atoms with E-state index in [1.54, 1.807) is 0 Å². The van der Waals surface area contributed by atoms with E-state index in [9.17, 15) is 14.2 Å². The van der Waals surface area contributed by atoms with Gasteiger partial charge in [-0.25, -0.2) is 0 Å². The fourth-order valence-electron chi connectivity index (χ4n) is 3.80. The largest absolute Gasteiger partial charge is 0.353 e. The molecular weight excluding hydrogens is 389 g/mol. The van der Waals surface area contributed by atoms with Crippen molar-refractivity contribution < 1.29 is 23.2 Å². The fraction of sp³-hybridized carbons (Fsp3) is 0.647. The van der Waals surface area contributed by atoms with Gasteiger partial charge in [-0.1, -0.05) is 18.2 Å². The van der Waals surface area contributed by atoms with E-state index >= 15 is 0 Å². The molecule has 0 saturated carbocycles. The molecule has 3 unspecified atom stereocenters. The molecule has 0 spiro atoms. The Hall–Kier alpha value is -1.12. The lowest BCUT2D eigenvalue weighted by molar-refractivity contribution is -0.149. The van der Waals surface area contributed by atoms with Gasteiger partial charge in [0.15, 0.2) is 0 Å². The average Bonchev–Trinajstić information content (AvgIpc) is 2.93. The topological polar surface area (TPSA) is 111 Å². The number of carbonyl (C=O) groups excluding carboxylic acids is 2. The van der Waals surface area contributed by atoms with E-state index in [-0.39, 0.29) is 17.2 Å². The monoisotopic (exact) mass is 415 g/mol. The van der Waals surface area contributed by atoms with Gasteiger partial charge in [-0.3, -0.25) is 14.2 Å². The van der Waals surface area contributed by atoms with Crippen molar-refractivity contribution in [2.24, 2.45) is 5.73 Å². The van der Waals surface area contributed by atoms with Crippen LogP contribution in [0.3, 0.4) is 0 Å². The number of carbonyl (C=O) groups is 2. The van der Waals surface area contributed by atoms with Gasteiger partial charge >= 0.3 is 7.60 Å². The van der Waals surface area contributed by atoms with Gasteiger partial charge < -0.3 is 25.0 Å². The lowest BCUT2D eigenvalue weighted by Gasteiger charge is -2.45. The van der Waals surface area contributed by atoms with Crippen LogP contribution in [-0.2, 0) is 23.2 Å². The van der Waals surface area contributed by atoms with Crippen molar-refractivity contribution in [3.8, 4) is 0 Å². The summed E-state index contributed by atoms with van der Waals surface area (Å²) in [6.45, 7) is 3.78. The Morgan fingerprint density at radius 1 is 1.41 bits per heavy atom. The molecule has 0 aromatic heterocycles. The van der Waals surface area contributed by atoms with Crippen molar-refractivity contribution in [1.82, 2.24) is 10.2 Å². The van der Waals surface area contributed by atoms with Crippen LogP contribution in [0.15, 0.2) is 23.8 Å². The minimum absolute atomic E-state index is 0.296. The number of nitrogens with zero attached hydrogens (tertiary/aromatic N) is 1. The van der Waals surface area contributed by atoms with E-state index < -0.39 is 30.2 Å². The number of nitrogens with two attached hydrogens (primary N) is 1. The van der Waals surface area contributed by atoms with Crippen LogP contribution in [0.25, 0.3) is 0 Å². The van der Waals surface area contributed by atoms with Crippen molar-refractivity contribution in [3.05, 3.63) is 23.8 Å². The van der Waals surface area contributed by atoms with Crippen LogP contribution in [0.2, 0.25) is 0 Å². The molecule has 2 fully saturated rings. The molecule has 0 radical (unpaired) electrons. The molecule has 2 heterocycles. The van der Waals surface area contributed by atoms with Crippen LogP contribution in [-0.4, -0.2) is 58.9 Å². The first-order valence-corrected chi connectivity index (χ1v) is 11.3. The SMILES string of the molecule is COP(=O)(OC)C1N2C(=O)C(NC(=O)C(N)C3=CCC=CC3)[C@@H]2SC1(C)C. The third-order valence-corrected chi connectivity index (χ3v) is 9.47. The normalized spacial score (nSPS) is 30.4. The summed E-state index contributed by atoms with van der Waals surface area (Å²) in [7, 11) is -0.876. The summed E-state index contributed by atoms with van der Waals surface area (Å²) in [5.41, 5.74) is 6.91. The molecule has 1 aliphatic carbocycles. The highest BCUT2D eigenvalue weighted by Crippen LogP contribution is 2.66. The zero-order valence-corrected chi connectivity index (χ0v) is 17.6. The number of nitrogens with one attached hydrogen (secondary N) is 1. The third-order valence-electron chi connectivity index (χ3n) is 5.21. The van der Waals surface area contributed by atoms with E-state index in [0.29, 0.717) is 6.42 Å². The number of allylic oxidation sites excluding steroid dienone is 3. The number of hydrogen-bond acceptors (Lipinski definition) is 7. The number of thioether (sulfide) groups is 1. The minimum atomic E-state index is -3.50. The predicted molar refractivity (Wildman–Crippen MR) is 104 cm³/mol. The van der Waals surface area contributed by atoms with Gasteiger partial charge in [-0.2, -0.15) is 0 Å². The van der Waals surface area contributed by atoms with Crippen LogP contribution < -0.4 is 11.1 Å². The summed E-state index contributed by atoms with van der Waals surface area (Å²) < 4.78 is 22.7. The van der Waals surface area contributed by atoms with Gasteiger partial charge in [0.2, 0.25) is 11.8 Å². The van der Waals surface area contributed by atoms with Crippen LogP contribution in [0.4, 0.5) is 0 Å². The van der Waals surface area contributed by atoms with E-state index in [0.717, 1.165) is 12.0 Å². The van der Waals surface area contributed by atoms with Gasteiger partial charge in [0.05, 0.1) is 0 Å². The van der Waals surface area contributed by atoms with Crippen LogP contribution in [0.1, 0.15) is 26.7 Å². The molecule has 8 nitrogen and oxygen atoms in total. The second-order valence-electron chi connectivity index (χ2n) is 7.29. The van der Waals surface area contributed by atoms with Crippen molar-refractivity contribution in [2.75, 3.05) is 14.2 Å². The molecular formula is C17H26N3O5PS. The molecule has 10 heteroatoms. The molecule has 3 rings (SSSR count). The molecule has 2 amide bonds. The maximum Gasteiger partial charge on any atom is 0.353 e. The van der Waals surface area contributed by atoms with E-state index in [2.05, 4.69) is 5.32 Å². The Bertz CT molecular complexity index is 745. The zero-order chi connectivity index (χ0) is 20.0. The predicted octanol–water partition coefficient (Wildman–Crippen LogP) is 1.58. The van der Waals surface area contributed by atoms with Gasteiger partial charge in [0.1, 0.15) is 23.2 Å². The lowest BCUT2D eigenvalue weighted by Crippen LogP contribution is -2.70. The van der Waals surface area contributed by atoms with E-state index in [1.807, 2.05) is 32.1 Å². The average molecular weight is 415 g/mol. The highest BCUT2D eigenvalue weighted by atomic mass is 32.2. The van der Waals surface area contributed by atoms with Crippen LogP contribution in [0, 0.1) is 0 Å². The van der Waals surface area contributed by atoms with Crippen LogP contribution in [0.5, 0.6) is 0 Å². The number of amides is 2. The van der Waals surface area contributed by atoms with Gasteiger partial charge in [0, 0.05) is 19.0 Å². The molecule has 3 aliphatic rings. The first-order valence-electron chi connectivity index (χ1n) is 8.77. The zero-order valence-electron chi connectivity index (χ0n) is 15.9. The minimum Gasteiger partial charge on any atom is -0.340 e.